The highest BCUT2D eigenvalue weighted by Gasteiger charge is 2.25. The Balaban J connectivity index is 1.72. The minimum absolute atomic E-state index is 0.0248. The van der Waals surface area contributed by atoms with Crippen LogP contribution in [0.5, 0.6) is 0 Å². The van der Waals surface area contributed by atoms with E-state index >= 15 is 0 Å². The van der Waals surface area contributed by atoms with Crippen molar-refractivity contribution in [2.75, 3.05) is 44.2 Å². The van der Waals surface area contributed by atoms with Gasteiger partial charge < -0.3 is 30.8 Å². The van der Waals surface area contributed by atoms with Gasteiger partial charge in [0.1, 0.15) is 0 Å². The average Bonchev–Trinajstić information content (AvgIpc) is 2.79. The van der Waals surface area contributed by atoms with Crippen molar-refractivity contribution in [1.82, 2.24) is 10.2 Å². The number of piperazine rings is 1. The van der Waals surface area contributed by atoms with Gasteiger partial charge in [-0.05, 0) is 49.9 Å². The summed E-state index contributed by atoms with van der Waals surface area (Å²) in [6, 6.07) is 7.07. The zero-order chi connectivity index (χ0) is 23.5. The van der Waals surface area contributed by atoms with Crippen LogP contribution in [-0.4, -0.2) is 73.1 Å². The number of nitrogens with zero attached hydrogens (tertiary/aromatic N) is 3. The molecular weight excluding hydrogens is 414 g/mol. The van der Waals surface area contributed by atoms with Crippen LogP contribution in [-0.2, 0) is 19.1 Å². The predicted octanol–water partition coefficient (Wildman–Crippen LogP) is 0.915. The molecule has 0 radical (unpaired) electrons. The zero-order valence-corrected chi connectivity index (χ0v) is 18.7. The molecule has 1 atom stereocenters. The van der Waals surface area contributed by atoms with E-state index in [1.54, 1.807) is 24.0 Å². The monoisotopic (exact) mass is 447 g/mol. The van der Waals surface area contributed by atoms with Gasteiger partial charge in [0.15, 0.2) is 5.84 Å². The third kappa shape index (κ3) is 7.75. The van der Waals surface area contributed by atoms with Crippen molar-refractivity contribution in [3.8, 4) is 0 Å². The molecule has 32 heavy (non-hydrogen) atoms. The van der Waals surface area contributed by atoms with Crippen LogP contribution in [0.4, 0.5) is 5.69 Å². The van der Waals surface area contributed by atoms with Crippen LogP contribution in [0.2, 0.25) is 0 Å². The van der Waals surface area contributed by atoms with Crippen molar-refractivity contribution < 1.29 is 24.3 Å². The number of amidine groups is 1. The highest BCUT2D eigenvalue weighted by atomic mass is 16.5. The van der Waals surface area contributed by atoms with Crippen LogP contribution >= 0.6 is 0 Å². The number of esters is 1. The van der Waals surface area contributed by atoms with E-state index in [-0.39, 0.29) is 42.6 Å². The largest absolute Gasteiger partial charge is 0.466 e. The summed E-state index contributed by atoms with van der Waals surface area (Å²) >= 11 is 0. The molecule has 1 unspecified atom stereocenters. The molecule has 0 bridgehead atoms. The van der Waals surface area contributed by atoms with Gasteiger partial charge in [0.2, 0.25) is 11.8 Å². The summed E-state index contributed by atoms with van der Waals surface area (Å²) in [6.07, 6.45) is 1.91. The van der Waals surface area contributed by atoms with E-state index < -0.39 is 0 Å². The summed E-state index contributed by atoms with van der Waals surface area (Å²) in [4.78, 5) is 39.6. The molecule has 1 fully saturated rings. The Kier molecular flexibility index (Phi) is 9.77. The highest BCUT2D eigenvalue weighted by molar-refractivity contribution is 5.97. The molecule has 1 aliphatic heterocycles. The quantitative estimate of drug-likeness (QED) is 0.151. The van der Waals surface area contributed by atoms with Crippen molar-refractivity contribution in [2.24, 2.45) is 16.8 Å². The van der Waals surface area contributed by atoms with Crippen LogP contribution < -0.4 is 16.0 Å². The second-order valence-electron chi connectivity index (χ2n) is 7.88. The Morgan fingerprint density at radius 3 is 2.62 bits per heavy atom. The third-order valence-electron chi connectivity index (χ3n) is 5.32. The number of anilines is 1. The van der Waals surface area contributed by atoms with Gasteiger partial charge in [0.05, 0.1) is 19.7 Å². The fourth-order valence-electron chi connectivity index (χ4n) is 3.44. The molecule has 0 spiro atoms. The van der Waals surface area contributed by atoms with Gasteiger partial charge >= 0.3 is 5.97 Å². The van der Waals surface area contributed by atoms with Crippen LogP contribution in [0.25, 0.3) is 0 Å². The van der Waals surface area contributed by atoms with E-state index in [1.165, 1.54) is 0 Å². The van der Waals surface area contributed by atoms with E-state index in [9.17, 15) is 14.4 Å². The number of hydrogen-bond donors (Lipinski definition) is 3. The van der Waals surface area contributed by atoms with Gasteiger partial charge in [-0.3, -0.25) is 14.4 Å². The number of carbonyl (C=O) groups is 3. The third-order valence-corrected chi connectivity index (χ3v) is 5.32. The lowest BCUT2D eigenvalue weighted by Gasteiger charge is -2.35. The number of nitrogens with one attached hydrogen (secondary N) is 1. The van der Waals surface area contributed by atoms with Crippen molar-refractivity contribution >= 4 is 29.3 Å². The first-order chi connectivity index (χ1) is 15.3. The summed E-state index contributed by atoms with van der Waals surface area (Å²) in [6.45, 7) is 5.95. The molecule has 1 heterocycles. The van der Waals surface area contributed by atoms with Gasteiger partial charge in [0.25, 0.3) is 0 Å². The molecule has 1 saturated heterocycles. The minimum atomic E-state index is -0.194. The van der Waals surface area contributed by atoms with Gasteiger partial charge in [0, 0.05) is 37.3 Å². The summed E-state index contributed by atoms with van der Waals surface area (Å²) in [5.74, 6) is -0.243. The van der Waals surface area contributed by atoms with Crippen LogP contribution in [0.15, 0.2) is 29.4 Å². The van der Waals surface area contributed by atoms with Crippen LogP contribution in [0, 0.1) is 5.92 Å². The fourth-order valence-corrected chi connectivity index (χ4v) is 3.44. The number of rotatable bonds is 11. The first kappa shape index (κ1) is 25.0. The van der Waals surface area contributed by atoms with Crippen molar-refractivity contribution in [2.45, 2.75) is 33.1 Å². The highest BCUT2D eigenvalue weighted by Crippen LogP contribution is 2.18. The molecule has 1 aromatic rings. The number of ether oxygens (including phenoxy) is 1. The summed E-state index contributed by atoms with van der Waals surface area (Å²) in [5, 5.41) is 14.6. The molecule has 176 valence electrons. The first-order valence-electron chi connectivity index (χ1n) is 10.9. The molecular formula is C22H33N5O5. The standard InChI is InChI=1S/C22H33N5O5/c1-3-32-21(30)6-4-5-16(2)13-24-19(28)14-27-12-11-26(15-20(27)29)18-9-7-17(8-10-18)22(23)25-31/h7-10,16,31H,3-6,11-15H2,1-2H3,(H2,23,25)(H,24,28). The van der Waals surface area contributed by atoms with E-state index in [0.29, 0.717) is 38.2 Å². The second-order valence-corrected chi connectivity index (χ2v) is 7.88. The molecule has 4 N–H and O–H groups in total. The minimum Gasteiger partial charge on any atom is -0.466 e. The maximum absolute atomic E-state index is 12.5. The lowest BCUT2D eigenvalue weighted by atomic mass is 10.0. The van der Waals surface area contributed by atoms with E-state index in [1.807, 2.05) is 24.0 Å². The average molecular weight is 448 g/mol. The van der Waals surface area contributed by atoms with Gasteiger partial charge in [-0.2, -0.15) is 0 Å². The molecule has 10 nitrogen and oxygen atoms in total. The number of carbonyl (C=O) groups excluding carboxylic acids is 3. The number of nitrogens with two attached hydrogens (primary N) is 1. The first-order valence-corrected chi connectivity index (χ1v) is 10.9. The predicted molar refractivity (Wildman–Crippen MR) is 120 cm³/mol. The molecule has 1 aliphatic rings. The summed E-state index contributed by atoms with van der Waals surface area (Å²) in [7, 11) is 0. The Bertz CT molecular complexity index is 811. The lowest BCUT2D eigenvalue weighted by Crippen LogP contribution is -2.53. The fraction of sp³-hybridized carbons (Fsp3) is 0.545. The Morgan fingerprint density at radius 2 is 2.00 bits per heavy atom. The van der Waals surface area contributed by atoms with E-state index in [4.69, 9.17) is 15.7 Å². The Labute approximate surface area is 188 Å². The van der Waals surface area contributed by atoms with E-state index in [2.05, 4.69) is 10.5 Å². The number of benzene rings is 1. The molecule has 1 aromatic carbocycles. The van der Waals surface area contributed by atoms with Crippen molar-refractivity contribution in [3.63, 3.8) is 0 Å². The zero-order valence-electron chi connectivity index (χ0n) is 18.7. The van der Waals surface area contributed by atoms with E-state index in [0.717, 1.165) is 18.5 Å². The van der Waals surface area contributed by atoms with Crippen LogP contribution in [0.1, 0.15) is 38.7 Å². The molecule has 0 aromatic heterocycles. The van der Waals surface area contributed by atoms with Crippen molar-refractivity contribution in [3.05, 3.63) is 29.8 Å². The Morgan fingerprint density at radius 1 is 1.28 bits per heavy atom. The van der Waals surface area contributed by atoms with Gasteiger partial charge in [-0.1, -0.05) is 12.1 Å². The van der Waals surface area contributed by atoms with Gasteiger partial charge in [-0.25, -0.2) is 0 Å². The maximum atomic E-state index is 12.5. The summed E-state index contributed by atoms with van der Waals surface area (Å²) < 4.78 is 4.90. The van der Waals surface area contributed by atoms with Crippen molar-refractivity contribution in [1.29, 1.82) is 0 Å². The number of amides is 2. The smallest absolute Gasteiger partial charge is 0.305 e. The van der Waals surface area contributed by atoms with Crippen LogP contribution in [0.3, 0.4) is 0 Å². The second kappa shape index (κ2) is 12.5. The molecule has 2 rings (SSSR count). The SMILES string of the molecule is CCOC(=O)CCCC(C)CNC(=O)CN1CCN(c2ccc(/C(N)=N\O)cc2)CC1=O. The lowest BCUT2D eigenvalue weighted by molar-refractivity contribution is -0.143. The molecule has 0 saturated carbocycles. The normalized spacial score (nSPS) is 15.4. The molecule has 10 heteroatoms. The van der Waals surface area contributed by atoms with Gasteiger partial charge in [-0.15, -0.1) is 0 Å². The topological polar surface area (TPSA) is 138 Å². The molecule has 0 aliphatic carbocycles. The number of hydrogen-bond acceptors (Lipinski definition) is 7. The maximum Gasteiger partial charge on any atom is 0.305 e. The molecule has 2 amide bonds. The number of oxime groups is 1. The Hall–Kier alpha value is -3.30. The summed E-state index contributed by atoms with van der Waals surface area (Å²) in [5.41, 5.74) is 7.01.